The quantitative estimate of drug-likeness (QED) is 0.703. The molecule has 1 aromatic heterocycles. The molecule has 0 aliphatic carbocycles. The van der Waals surface area contributed by atoms with E-state index >= 15 is 0 Å². The minimum absolute atomic E-state index is 0.115. The molecule has 9 heteroatoms. The molecule has 26 heavy (non-hydrogen) atoms. The number of rotatable bonds is 7. The molecule has 1 unspecified atom stereocenters. The third kappa shape index (κ3) is 4.81. The monoisotopic (exact) mass is 368 g/mol. The molecule has 1 fully saturated rings. The Morgan fingerprint density at radius 1 is 1.35 bits per heavy atom. The van der Waals surface area contributed by atoms with Crippen molar-refractivity contribution in [2.24, 2.45) is 0 Å². The van der Waals surface area contributed by atoms with Crippen molar-refractivity contribution in [1.29, 1.82) is 0 Å². The molecule has 1 N–H and O–H groups in total. The third-order valence-corrected chi connectivity index (χ3v) is 4.17. The number of aryl methyl sites for hydroxylation is 1. The van der Waals surface area contributed by atoms with E-state index in [9.17, 15) is 19.2 Å². The van der Waals surface area contributed by atoms with Gasteiger partial charge >= 0.3 is 17.6 Å². The molecule has 0 aromatic carbocycles. The number of ether oxygens (including phenoxy) is 3. The number of carbonyl (C=O) groups excluding carboxylic acids is 2. The van der Waals surface area contributed by atoms with Crippen LogP contribution >= 0.6 is 0 Å². The molecule has 144 valence electrons. The fraction of sp³-hybridized carbons (Fsp3) is 0.647. The second-order valence-corrected chi connectivity index (χ2v) is 6.03. The Labute approximate surface area is 150 Å². The average Bonchev–Trinajstić information content (AvgIpc) is 2.95. The number of esters is 2. The van der Waals surface area contributed by atoms with Crippen molar-refractivity contribution in [3.8, 4) is 0 Å². The van der Waals surface area contributed by atoms with E-state index in [1.54, 1.807) is 13.8 Å². The highest BCUT2D eigenvalue weighted by molar-refractivity contribution is 5.69. The fourth-order valence-electron chi connectivity index (χ4n) is 2.95. The maximum absolute atomic E-state index is 12.1. The summed E-state index contributed by atoms with van der Waals surface area (Å²) in [7, 11) is 0. The first-order valence-electron chi connectivity index (χ1n) is 8.68. The highest BCUT2D eigenvalue weighted by atomic mass is 16.6. The van der Waals surface area contributed by atoms with Crippen LogP contribution in [0.4, 0.5) is 0 Å². The lowest BCUT2D eigenvalue weighted by Gasteiger charge is -2.18. The van der Waals surface area contributed by atoms with Crippen LogP contribution in [0.25, 0.3) is 0 Å². The van der Waals surface area contributed by atoms with E-state index in [0.29, 0.717) is 18.4 Å². The van der Waals surface area contributed by atoms with Gasteiger partial charge in [-0.2, -0.15) is 0 Å². The van der Waals surface area contributed by atoms with Gasteiger partial charge in [0.25, 0.3) is 5.56 Å². The van der Waals surface area contributed by atoms with E-state index in [-0.39, 0.29) is 25.4 Å². The molecular weight excluding hydrogens is 344 g/mol. The van der Waals surface area contributed by atoms with Crippen LogP contribution < -0.4 is 11.2 Å². The fourth-order valence-corrected chi connectivity index (χ4v) is 2.95. The highest BCUT2D eigenvalue weighted by Gasteiger charge is 2.39. The SMILES string of the molecule is CCOC(=O)CC[C@@H]1O[C@H](n2cc(CC)c(=O)[nH]c2=O)CC1OC(C)=O. The maximum atomic E-state index is 12.1. The summed E-state index contributed by atoms with van der Waals surface area (Å²) in [6.07, 6.45) is 0.763. The minimum atomic E-state index is -0.693. The number of H-pyrrole nitrogens is 1. The van der Waals surface area contributed by atoms with Crippen molar-refractivity contribution in [1.82, 2.24) is 9.55 Å². The van der Waals surface area contributed by atoms with Gasteiger partial charge in [0.05, 0.1) is 12.7 Å². The van der Waals surface area contributed by atoms with Gasteiger partial charge < -0.3 is 14.2 Å². The summed E-state index contributed by atoms with van der Waals surface area (Å²) in [5.74, 6) is -0.834. The average molecular weight is 368 g/mol. The highest BCUT2D eigenvalue weighted by Crippen LogP contribution is 2.32. The van der Waals surface area contributed by atoms with Crippen LogP contribution in [0.5, 0.6) is 0 Å². The van der Waals surface area contributed by atoms with Gasteiger partial charge in [-0.25, -0.2) is 4.79 Å². The minimum Gasteiger partial charge on any atom is -0.466 e. The van der Waals surface area contributed by atoms with Gasteiger partial charge in [0.1, 0.15) is 12.3 Å². The molecule has 0 amide bonds. The van der Waals surface area contributed by atoms with E-state index in [1.807, 2.05) is 0 Å². The number of aromatic nitrogens is 2. The van der Waals surface area contributed by atoms with E-state index in [1.165, 1.54) is 17.7 Å². The second kappa shape index (κ2) is 8.79. The lowest BCUT2D eigenvalue weighted by atomic mass is 10.1. The maximum Gasteiger partial charge on any atom is 0.330 e. The summed E-state index contributed by atoms with van der Waals surface area (Å²) in [5.41, 5.74) is -0.570. The molecule has 0 saturated carbocycles. The number of nitrogens with one attached hydrogen (secondary N) is 1. The van der Waals surface area contributed by atoms with Gasteiger partial charge in [0.2, 0.25) is 0 Å². The summed E-state index contributed by atoms with van der Waals surface area (Å²) >= 11 is 0. The van der Waals surface area contributed by atoms with Gasteiger partial charge in [0.15, 0.2) is 0 Å². The van der Waals surface area contributed by atoms with Crippen LogP contribution in [-0.2, 0) is 30.2 Å². The predicted molar refractivity (Wildman–Crippen MR) is 90.6 cm³/mol. The molecule has 0 radical (unpaired) electrons. The van der Waals surface area contributed by atoms with Crippen LogP contribution in [0.3, 0.4) is 0 Å². The number of hydrogen-bond donors (Lipinski definition) is 1. The van der Waals surface area contributed by atoms with E-state index in [0.717, 1.165) is 0 Å². The zero-order chi connectivity index (χ0) is 19.3. The molecule has 9 nitrogen and oxygen atoms in total. The Bertz CT molecular complexity index is 767. The third-order valence-electron chi connectivity index (χ3n) is 4.17. The zero-order valence-corrected chi connectivity index (χ0v) is 15.1. The molecule has 0 spiro atoms. The number of aromatic amines is 1. The lowest BCUT2D eigenvalue weighted by Crippen LogP contribution is -2.34. The summed E-state index contributed by atoms with van der Waals surface area (Å²) < 4.78 is 17.3. The first-order chi connectivity index (χ1) is 12.3. The molecule has 2 heterocycles. The molecule has 1 aliphatic heterocycles. The lowest BCUT2D eigenvalue weighted by molar-refractivity contribution is -0.150. The van der Waals surface area contributed by atoms with Gasteiger partial charge in [-0.15, -0.1) is 0 Å². The van der Waals surface area contributed by atoms with E-state index in [4.69, 9.17) is 14.2 Å². The molecule has 0 bridgehead atoms. The van der Waals surface area contributed by atoms with Crippen molar-refractivity contribution in [2.75, 3.05) is 6.61 Å². The Morgan fingerprint density at radius 2 is 2.08 bits per heavy atom. The topological polar surface area (TPSA) is 117 Å². The van der Waals surface area contributed by atoms with E-state index in [2.05, 4.69) is 4.98 Å². The zero-order valence-electron chi connectivity index (χ0n) is 15.1. The van der Waals surface area contributed by atoms with Crippen LogP contribution in [0.2, 0.25) is 0 Å². The predicted octanol–water partition coefficient (Wildman–Crippen LogP) is 0.662. The van der Waals surface area contributed by atoms with Crippen molar-refractivity contribution >= 4 is 11.9 Å². The summed E-state index contributed by atoms with van der Waals surface area (Å²) in [6, 6.07) is 0. The number of hydrogen-bond acceptors (Lipinski definition) is 7. The second-order valence-electron chi connectivity index (χ2n) is 6.03. The molecule has 2 rings (SSSR count). The Balaban J connectivity index is 2.19. The molecule has 1 aliphatic rings. The van der Waals surface area contributed by atoms with Gasteiger partial charge in [-0.05, 0) is 19.8 Å². The van der Waals surface area contributed by atoms with Crippen LogP contribution in [0.15, 0.2) is 15.8 Å². The standard InChI is InChI=1S/C17H24N2O7/c1-4-11-9-19(17(23)18-16(11)22)14-8-13(25-10(3)20)12(26-14)6-7-15(21)24-5-2/h9,12-14H,4-8H2,1-3H3,(H,18,22,23)/t12-,13?,14-/m0/s1. The molecule has 1 aromatic rings. The smallest absolute Gasteiger partial charge is 0.330 e. The Kier molecular flexibility index (Phi) is 6.73. The van der Waals surface area contributed by atoms with Crippen molar-refractivity contribution in [2.45, 2.75) is 64.9 Å². The summed E-state index contributed by atoms with van der Waals surface area (Å²) in [6.45, 7) is 5.10. The van der Waals surface area contributed by atoms with Gasteiger partial charge in [-0.1, -0.05) is 6.92 Å². The molecule has 1 saturated heterocycles. The molecule has 3 atom stereocenters. The number of carbonyl (C=O) groups is 2. The Morgan fingerprint density at radius 3 is 2.69 bits per heavy atom. The van der Waals surface area contributed by atoms with Crippen molar-refractivity contribution < 1.29 is 23.8 Å². The first-order valence-corrected chi connectivity index (χ1v) is 8.68. The van der Waals surface area contributed by atoms with Crippen LogP contribution in [0.1, 0.15) is 51.8 Å². The van der Waals surface area contributed by atoms with E-state index < -0.39 is 35.7 Å². The summed E-state index contributed by atoms with van der Waals surface area (Å²) in [4.78, 5) is 49.0. The number of nitrogens with zero attached hydrogens (tertiary/aromatic N) is 1. The Hall–Kier alpha value is -2.42. The van der Waals surface area contributed by atoms with Gasteiger partial charge in [-0.3, -0.25) is 23.9 Å². The van der Waals surface area contributed by atoms with Crippen molar-refractivity contribution in [3.05, 3.63) is 32.6 Å². The first kappa shape index (κ1) is 19.9. The normalized spacial score (nSPS) is 22.2. The van der Waals surface area contributed by atoms with Gasteiger partial charge in [0, 0.05) is 31.5 Å². The van der Waals surface area contributed by atoms with Crippen molar-refractivity contribution in [3.63, 3.8) is 0 Å². The van der Waals surface area contributed by atoms with Crippen LogP contribution in [0, 0.1) is 0 Å². The summed E-state index contributed by atoms with van der Waals surface area (Å²) in [5, 5.41) is 0. The largest absolute Gasteiger partial charge is 0.466 e. The molecular formula is C17H24N2O7. The van der Waals surface area contributed by atoms with Crippen LogP contribution in [-0.4, -0.2) is 40.3 Å².